The smallest absolute Gasteiger partial charge is 0.338 e. The summed E-state index contributed by atoms with van der Waals surface area (Å²) < 4.78 is 10.5. The minimum atomic E-state index is -0.734. The number of urea groups is 1. The fourth-order valence-corrected chi connectivity index (χ4v) is 4.26. The molecule has 0 aliphatic carbocycles. The van der Waals surface area contributed by atoms with Crippen LogP contribution < -0.4 is 10.6 Å². The Labute approximate surface area is 186 Å². The van der Waals surface area contributed by atoms with E-state index in [0.717, 1.165) is 19.4 Å². The molecule has 1 aromatic carbocycles. The number of likely N-dealkylation sites (tertiary alicyclic amines) is 1. The molecule has 9 heteroatoms. The molecule has 2 aliphatic heterocycles. The Bertz CT molecular complexity index is 872. The molecule has 2 unspecified atom stereocenters. The Hall–Kier alpha value is -2.58. The molecule has 2 heterocycles. The zero-order valence-electron chi connectivity index (χ0n) is 17.8. The number of hydrogen-bond acceptors (Lipinski definition) is 6. The number of halogens is 1. The van der Waals surface area contributed by atoms with Gasteiger partial charge in [0, 0.05) is 23.8 Å². The number of ether oxygens (including phenoxy) is 2. The maximum absolute atomic E-state index is 12.9. The normalized spacial score (nSPS) is 21.8. The molecule has 2 aliphatic rings. The zero-order valence-corrected chi connectivity index (χ0v) is 18.5. The van der Waals surface area contributed by atoms with Crippen molar-refractivity contribution in [2.75, 3.05) is 32.8 Å². The van der Waals surface area contributed by atoms with Crippen molar-refractivity contribution in [2.45, 2.75) is 32.7 Å². The minimum Gasteiger partial charge on any atom is -0.466 e. The standard InChI is InChI=1S/C22H28ClN3O5/c1-3-30-20(27)14-8-7-11-26(12-14)13-17-18(21(28)31-4-2)19(25-22(29)24-17)15-9-5-6-10-16(15)23/h5-6,9-10,14,19H,3-4,7-8,11-13H2,1-2H3,(H2,24,25,29). The molecule has 1 aromatic rings. The highest BCUT2D eigenvalue weighted by molar-refractivity contribution is 6.31. The number of piperidine rings is 1. The van der Waals surface area contributed by atoms with Gasteiger partial charge >= 0.3 is 18.0 Å². The molecule has 8 nitrogen and oxygen atoms in total. The van der Waals surface area contributed by atoms with Crippen LogP contribution >= 0.6 is 11.6 Å². The summed E-state index contributed by atoms with van der Waals surface area (Å²) in [5.74, 6) is -0.957. The summed E-state index contributed by atoms with van der Waals surface area (Å²) in [5, 5.41) is 6.00. The van der Waals surface area contributed by atoms with Gasteiger partial charge in [-0.2, -0.15) is 0 Å². The van der Waals surface area contributed by atoms with Gasteiger partial charge in [0.1, 0.15) is 0 Å². The highest BCUT2D eigenvalue weighted by atomic mass is 35.5. The first-order valence-electron chi connectivity index (χ1n) is 10.6. The van der Waals surface area contributed by atoms with Gasteiger partial charge in [0.25, 0.3) is 0 Å². The van der Waals surface area contributed by atoms with Crippen LogP contribution in [0.5, 0.6) is 0 Å². The van der Waals surface area contributed by atoms with E-state index in [1.807, 2.05) is 0 Å². The third kappa shape index (κ3) is 5.57. The van der Waals surface area contributed by atoms with Crippen LogP contribution in [-0.4, -0.2) is 55.7 Å². The predicted molar refractivity (Wildman–Crippen MR) is 115 cm³/mol. The summed E-state index contributed by atoms with van der Waals surface area (Å²) in [5.41, 5.74) is 1.38. The van der Waals surface area contributed by atoms with Gasteiger partial charge in [-0.25, -0.2) is 9.59 Å². The highest BCUT2D eigenvalue weighted by Gasteiger charge is 2.36. The summed E-state index contributed by atoms with van der Waals surface area (Å²) >= 11 is 6.37. The number of nitrogens with one attached hydrogen (secondary N) is 2. The van der Waals surface area contributed by atoms with E-state index in [4.69, 9.17) is 21.1 Å². The molecule has 1 saturated heterocycles. The summed E-state index contributed by atoms with van der Waals surface area (Å²) in [6.07, 6.45) is 1.58. The number of benzene rings is 1. The molecular weight excluding hydrogens is 422 g/mol. The number of amides is 2. The van der Waals surface area contributed by atoms with Gasteiger partial charge in [-0.1, -0.05) is 29.8 Å². The first-order chi connectivity index (χ1) is 14.9. The molecule has 3 rings (SSSR count). The molecule has 0 spiro atoms. The van der Waals surface area contributed by atoms with E-state index in [2.05, 4.69) is 15.5 Å². The van der Waals surface area contributed by atoms with Crippen molar-refractivity contribution >= 4 is 29.6 Å². The quantitative estimate of drug-likeness (QED) is 0.621. The average molecular weight is 450 g/mol. The van der Waals surface area contributed by atoms with Gasteiger partial charge in [0.05, 0.1) is 30.7 Å². The second-order valence-corrected chi connectivity index (χ2v) is 7.90. The minimum absolute atomic E-state index is 0.202. The van der Waals surface area contributed by atoms with Gasteiger partial charge in [0.2, 0.25) is 0 Å². The molecule has 2 amide bonds. The Morgan fingerprint density at radius 3 is 2.65 bits per heavy atom. The second-order valence-electron chi connectivity index (χ2n) is 7.49. The zero-order chi connectivity index (χ0) is 22.4. The van der Waals surface area contributed by atoms with Crippen LogP contribution in [0.25, 0.3) is 0 Å². The van der Waals surface area contributed by atoms with Gasteiger partial charge in [0.15, 0.2) is 0 Å². The third-order valence-corrected chi connectivity index (χ3v) is 5.72. The van der Waals surface area contributed by atoms with Crippen molar-refractivity contribution in [2.24, 2.45) is 5.92 Å². The second kappa shape index (κ2) is 10.6. The van der Waals surface area contributed by atoms with E-state index in [1.54, 1.807) is 38.1 Å². The van der Waals surface area contributed by atoms with Gasteiger partial charge in [-0.15, -0.1) is 0 Å². The van der Waals surface area contributed by atoms with Gasteiger partial charge < -0.3 is 20.1 Å². The van der Waals surface area contributed by atoms with E-state index in [-0.39, 0.29) is 18.5 Å². The van der Waals surface area contributed by atoms with Gasteiger partial charge in [-0.05, 0) is 44.9 Å². The lowest BCUT2D eigenvalue weighted by atomic mass is 9.93. The molecule has 168 valence electrons. The summed E-state index contributed by atoms with van der Waals surface area (Å²) in [6.45, 7) is 5.61. The topological polar surface area (TPSA) is 97.0 Å². The molecular formula is C22H28ClN3O5. The SMILES string of the molecule is CCOC(=O)C1=C(CN2CCCC(C(=O)OCC)C2)NC(=O)NC1c1ccccc1Cl. The summed E-state index contributed by atoms with van der Waals surface area (Å²) in [4.78, 5) is 39.6. The molecule has 0 radical (unpaired) electrons. The van der Waals surface area contributed by atoms with Gasteiger partial charge in [-0.3, -0.25) is 9.69 Å². The van der Waals surface area contributed by atoms with Crippen molar-refractivity contribution in [1.29, 1.82) is 0 Å². The Morgan fingerprint density at radius 1 is 1.19 bits per heavy atom. The van der Waals surface area contributed by atoms with Crippen LogP contribution in [0.2, 0.25) is 5.02 Å². The largest absolute Gasteiger partial charge is 0.466 e. The van der Waals surface area contributed by atoms with Crippen LogP contribution in [0.1, 0.15) is 38.3 Å². The lowest BCUT2D eigenvalue weighted by Gasteiger charge is -2.35. The lowest BCUT2D eigenvalue weighted by Crippen LogP contribution is -2.50. The van der Waals surface area contributed by atoms with E-state index in [1.165, 1.54) is 0 Å². The average Bonchev–Trinajstić information content (AvgIpc) is 2.74. The van der Waals surface area contributed by atoms with Crippen molar-refractivity contribution in [3.05, 3.63) is 46.1 Å². The first-order valence-corrected chi connectivity index (χ1v) is 10.9. The van der Waals surface area contributed by atoms with Crippen molar-refractivity contribution < 1.29 is 23.9 Å². The number of rotatable bonds is 7. The Balaban J connectivity index is 1.92. The van der Waals surface area contributed by atoms with Crippen molar-refractivity contribution in [1.82, 2.24) is 15.5 Å². The fraction of sp³-hybridized carbons (Fsp3) is 0.500. The van der Waals surface area contributed by atoms with E-state index in [9.17, 15) is 14.4 Å². The predicted octanol–water partition coefficient (Wildman–Crippen LogP) is 2.79. The number of carbonyl (C=O) groups is 3. The van der Waals surface area contributed by atoms with E-state index >= 15 is 0 Å². The third-order valence-electron chi connectivity index (χ3n) is 5.37. The maximum Gasteiger partial charge on any atom is 0.338 e. The maximum atomic E-state index is 12.9. The monoisotopic (exact) mass is 449 g/mol. The Kier molecular flexibility index (Phi) is 7.92. The molecule has 2 atom stereocenters. The molecule has 0 bridgehead atoms. The number of hydrogen-bond donors (Lipinski definition) is 2. The fourth-order valence-electron chi connectivity index (χ4n) is 4.01. The lowest BCUT2D eigenvalue weighted by molar-refractivity contribution is -0.150. The van der Waals surface area contributed by atoms with Crippen LogP contribution in [0.4, 0.5) is 4.79 Å². The van der Waals surface area contributed by atoms with Crippen LogP contribution in [0, 0.1) is 5.92 Å². The number of carbonyl (C=O) groups excluding carboxylic acids is 3. The molecule has 2 N–H and O–H groups in total. The summed E-state index contributed by atoms with van der Waals surface area (Å²) in [7, 11) is 0. The molecule has 0 saturated carbocycles. The molecule has 31 heavy (non-hydrogen) atoms. The number of esters is 2. The molecule has 0 aromatic heterocycles. The molecule has 1 fully saturated rings. The summed E-state index contributed by atoms with van der Waals surface area (Å²) in [6, 6.07) is 5.91. The first kappa shape index (κ1) is 23.1. The van der Waals surface area contributed by atoms with Crippen LogP contribution in [0.15, 0.2) is 35.5 Å². The van der Waals surface area contributed by atoms with E-state index in [0.29, 0.717) is 41.6 Å². The Morgan fingerprint density at radius 2 is 1.94 bits per heavy atom. The van der Waals surface area contributed by atoms with Crippen molar-refractivity contribution in [3.8, 4) is 0 Å². The van der Waals surface area contributed by atoms with E-state index < -0.39 is 18.0 Å². The number of nitrogens with zero attached hydrogens (tertiary/aromatic N) is 1. The van der Waals surface area contributed by atoms with Crippen molar-refractivity contribution in [3.63, 3.8) is 0 Å². The van der Waals surface area contributed by atoms with Crippen LogP contribution in [0.3, 0.4) is 0 Å². The highest BCUT2D eigenvalue weighted by Crippen LogP contribution is 2.32. The van der Waals surface area contributed by atoms with Crippen LogP contribution in [-0.2, 0) is 19.1 Å².